The van der Waals surface area contributed by atoms with Crippen molar-refractivity contribution < 1.29 is 9.53 Å². The molecular weight excluding hydrogens is 260 g/mol. The Kier molecular flexibility index (Phi) is 12.0. The third-order valence-corrected chi connectivity index (χ3v) is 3.75. The third kappa shape index (κ3) is 11.3. The van der Waals surface area contributed by atoms with Crippen LogP contribution in [0.2, 0.25) is 0 Å². The quantitative estimate of drug-likeness (QED) is 0.263. The topological polar surface area (TPSA) is 26.3 Å². The molecule has 2 heteroatoms. The van der Waals surface area contributed by atoms with Crippen LogP contribution in [0.1, 0.15) is 72.6 Å². The van der Waals surface area contributed by atoms with Gasteiger partial charge in [0.05, 0.1) is 6.61 Å². The van der Waals surface area contributed by atoms with Crippen LogP contribution in [0, 0.1) is 11.8 Å². The van der Waals surface area contributed by atoms with Crippen molar-refractivity contribution in [1.82, 2.24) is 0 Å². The van der Waals surface area contributed by atoms with Gasteiger partial charge < -0.3 is 4.74 Å². The first-order valence-corrected chi connectivity index (χ1v) is 8.46. The molecule has 0 heterocycles. The number of carbonyl (C=O) groups is 1. The molecule has 0 saturated heterocycles. The first-order chi connectivity index (χ1) is 10.0. The highest BCUT2D eigenvalue weighted by molar-refractivity contribution is 5.69. The summed E-state index contributed by atoms with van der Waals surface area (Å²) >= 11 is 0. The zero-order valence-electron chi connectivity index (χ0n) is 14.5. The van der Waals surface area contributed by atoms with Gasteiger partial charge in [-0.1, -0.05) is 51.3 Å². The van der Waals surface area contributed by atoms with Gasteiger partial charge in [-0.15, -0.1) is 6.58 Å². The molecular formula is C19H34O2. The number of esters is 1. The highest BCUT2D eigenvalue weighted by Gasteiger charge is 2.11. The number of unbranched alkanes of at least 4 members (excludes halogenated alkanes) is 1. The fourth-order valence-corrected chi connectivity index (χ4v) is 2.43. The van der Waals surface area contributed by atoms with Crippen molar-refractivity contribution >= 4 is 5.97 Å². The van der Waals surface area contributed by atoms with Crippen LogP contribution in [0.15, 0.2) is 24.3 Å². The summed E-state index contributed by atoms with van der Waals surface area (Å²) in [6, 6.07) is 0. The van der Waals surface area contributed by atoms with E-state index in [1.807, 2.05) is 13.0 Å². The van der Waals surface area contributed by atoms with Gasteiger partial charge in [0.25, 0.3) is 0 Å². The molecule has 0 N–H and O–H groups in total. The van der Waals surface area contributed by atoms with Crippen LogP contribution in [0.5, 0.6) is 0 Å². The van der Waals surface area contributed by atoms with E-state index in [0.717, 1.165) is 25.2 Å². The molecule has 0 saturated carbocycles. The standard InChI is InChI=1S/C19H34O2/c1-6-8-9-13-18(14-15-19(20)21-7-2)17(5)12-10-11-16(3)4/h6,13,16-17H,1,7-12,14-15H2,2-5H3/b18-13-/t17-/m1/s1. The first-order valence-electron chi connectivity index (χ1n) is 8.46. The molecule has 1 atom stereocenters. The van der Waals surface area contributed by atoms with Crippen molar-refractivity contribution in [3.8, 4) is 0 Å². The molecule has 0 aromatic rings. The average molecular weight is 294 g/mol. The van der Waals surface area contributed by atoms with Crippen molar-refractivity contribution in [3.63, 3.8) is 0 Å². The van der Waals surface area contributed by atoms with Gasteiger partial charge in [0.1, 0.15) is 0 Å². The number of allylic oxidation sites excluding steroid dienone is 3. The van der Waals surface area contributed by atoms with Gasteiger partial charge in [0.2, 0.25) is 0 Å². The fourth-order valence-electron chi connectivity index (χ4n) is 2.43. The van der Waals surface area contributed by atoms with E-state index >= 15 is 0 Å². The van der Waals surface area contributed by atoms with Crippen LogP contribution in [0.3, 0.4) is 0 Å². The van der Waals surface area contributed by atoms with Gasteiger partial charge in [-0.2, -0.15) is 0 Å². The lowest BCUT2D eigenvalue weighted by atomic mass is 9.89. The molecule has 0 aliphatic rings. The fraction of sp³-hybridized carbons (Fsp3) is 0.737. The lowest BCUT2D eigenvalue weighted by Gasteiger charge is -2.17. The molecule has 0 radical (unpaired) electrons. The molecule has 0 aromatic carbocycles. The molecule has 0 bridgehead atoms. The van der Waals surface area contributed by atoms with Gasteiger partial charge in [0.15, 0.2) is 0 Å². The Morgan fingerprint density at radius 1 is 1.14 bits per heavy atom. The summed E-state index contributed by atoms with van der Waals surface area (Å²) in [6.07, 6.45) is 11.4. The maximum Gasteiger partial charge on any atom is 0.306 e. The highest BCUT2D eigenvalue weighted by Crippen LogP contribution is 2.24. The van der Waals surface area contributed by atoms with E-state index in [2.05, 4.69) is 33.4 Å². The largest absolute Gasteiger partial charge is 0.466 e. The van der Waals surface area contributed by atoms with E-state index in [0.29, 0.717) is 18.9 Å². The van der Waals surface area contributed by atoms with Gasteiger partial charge in [-0.25, -0.2) is 0 Å². The van der Waals surface area contributed by atoms with Gasteiger partial charge in [-0.05, 0) is 44.4 Å². The Balaban J connectivity index is 4.38. The van der Waals surface area contributed by atoms with Crippen LogP contribution < -0.4 is 0 Å². The molecule has 0 aromatic heterocycles. The Morgan fingerprint density at radius 3 is 2.43 bits per heavy atom. The molecule has 2 nitrogen and oxygen atoms in total. The molecule has 0 unspecified atom stereocenters. The van der Waals surface area contributed by atoms with Gasteiger partial charge >= 0.3 is 5.97 Å². The van der Waals surface area contributed by atoms with Crippen molar-refractivity contribution in [2.75, 3.05) is 6.61 Å². The third-order valence-electron chi connectivity index (χ3n) is 3.75. The van der Waals surface area contributed by atoms with Gasteiger partial charge in [0, 0.05) is 6.42 Å². The maximum atomic E-state index is 11.5. The summed E-state index contributed by atoms with van der Waals surface area (Å²) in [5, 5.41) is 0. The molecule has 122 valence electrons. The second-order valence-corrected chi connectivity index (χ2v) is 6.18. The molecule has 0 rings (SSSR count). The van der Waals surface area contributed by atoms with E-state index in [1.54, 1.807) is 0 Å². The Labute approximate surface area is 131 Å². The minimum Gasteiger partial charge on any atom is -0.466 e. The summed E-state index contributed by atoms with van der Waals surface area (Å²) < 4.78 is 5.03. The highest BCUT2D eigenvalue weighted by atomic mass is 16.5. The molecule has 0 spiro atoms. The molecule has 0 aliphatic heterocycles. The molecule has 0 fully saturated rings. The Hall–Kier alpha value is -1.05. The summed E-state index contributed by atoms with van der Waals surface area (Å²) in [5.41, 5.74) is 1.41. The number of ether oxygens (including phenoxy) is 1. The van der Waals surface area contributed by atoms with E-state index in [4.69, 9.17) is 4.74 Å². The number of hydrogen-bond acceptors (Lipinski definition) is 2. The predicted molar refractivity (Wildman–Crippen MR) is 91.2 cm³/mol. The summed E-state index contributed by atoms with van der Waals surface area (Å²) in [5.74, 6) is 1.24. The van der Waals surface area contributed by atoms with Crippen LogP contribution in [-0.4, -0.2) is 12.6 Å². The number of hydrogen-bond donors (Lipinski definition) is 0. The minimum atomic E-state index is -0.0819. The lowest BCUT2D eigenvalue weighted by Crippen LogP contribution is -2.07. The summed E-state index contributed by atoms with van der Waals surface area (Å²) in [4.78, 5) is 11.5. The second kappa shape index (κ2) is 12.7. The summed E-state index contributed by atoms with van der Waals surface area (Å²) in [6.45, 7) is 12.9. The maximum absolute atomic E-state index is 11.5. The van der Waals surface area contributed by atoms with E-state index in [-0.39, 0.29) is 5.97 Å². The molecule has 0 aliphatic carbocycles. The monoisotopic (exact) mass is 294 g/mol. The van der Waals surface area contributed by atoms with Crippen LogP contribution >= 0.6 is 0 Å². The number of rotatable bonds is 12. The lowest BCUT2D eigenvalue weighted by molar-refractivity contribution is -0.143. The van der Waals surface area contributed by atoms with Crippen LogP contribution in [0.25, 0.3) is 0 Å². The second-order valence-electron chi connectivity index (χ2n) is 6.18. The zero-order chi connectivity index (χ0) is 16.1. The SMILES string of the molecule is C=CCC/C=C(/CCC(=O)OCC)[C@H](C)CCCC(C)C. The first kappa shape index (κ1) is 19.9. The Bertz CT molecular complexity index is 316. The summed E-state index contributed by atoms with van der Waals surface area (Å²) in [7, 11) is 0. The van der Waals surface area contributed by atoms with Crippen LogP contribution in [0.4, 0.5) is 0 Å². The van der Waals surface area contributed by atoms with Gasteiger partial charge in [-0.3, -0.25) is 4.79 Å². The predicted octanol–water partition coefficient (Wildman–Crippen LogP) is 5.68. The molecule has 21 heavy (non-hydrogen) atoms. The normalized spacial score (nSPS) is 13.3. The average Bonchev–Trinajstić information content (AvgIpc) is 2.42. The van der Waals surface area contributed by atoms with E-state index < -0.39 is 0 Å². The van der Waals surface area contributed by atoms with E-state index in [1.165, 1.54) is 24.8 Å². The number of carbonyl (C=O) groups excluding carboxylic acids is 1. The smallest absolute Gasteiger partial charge is 0.306 e. The minimum absolute atomic E-state index is 0.0819. The van der Waals surface area contributed by atoms with Crippen LogP contribution in [-0.2, 0) is 9.53 Å². The van der Waals surface area contributed by atoms with Crippen molar-refractivity contribution in [3.05, 3.63) is 24.3 Å². The van der Waals surface area contributed by atoms with Crippen molar-refractivity contribution in [2.45, 2.75) is 72.6 Å². The van der Waals surface area contributed by atoms with Crippen molar-refractivity contribution in [1.29, 1.82) is 0 Å². The van der Waals surface area contributed by atoms with E-state index in [9.17, 15) is 4.79 Å². The Morgan fingerprint density at radius 2 is 1.86 bits per heavy atom. The van der Waals surface area contributed by atoms with Crippen molar-refractivity contribution in [2.24, 2.45) is 11.8 Å². The molecule has 0 amide bonds. The zero-order valence-corrected chi connectivity index (χ0v) is 14.5.